The highest BCUT2D eigenvalue weighted by molar-refractivity contribution is 7.99. The Morgan fingerprint density at radius 1 is 1.48 bits per heavy atom. The molecule has 0 aliphatic rings. The molecule has 0 atom stereocenters. The smallest absolute Gasteiger partial charge is 0.338 e. The molecule has 0 fully saturated rings. The van der Waals surface area contributed by atoms with Crippen molar-refractivity contribution in [2.75, 3.05) is 17.6 Å². The van der Waals surface area contributed by atoms with Crippen LogP contribution in [0.25, 0.3) is 0 Å². The van der Waals surface area contributed by atoms with Crippen LogP contribution in [0.4, 0.5) is 5.69 Å². The Morgan fingerprint density at radius 3 is 2.90 bits per heavy atom. The molecule has 0 amide bonds. The SMILES string of the molecule is CCSc1cccc(NCCc2noc(C)n2)c1C(=O)O. The van der Waals surface area contributed by atoms with Gasteiger partial charge >= 0.3 is 5.97 Å². The van der Waals surface area contributed by atoms with Crippen molar-refractivity contribution in [1.29, 1.82) is 0 Å². The van der Waals surface area contributed by atoms with Gasteiger partial charge in [-0.1, -0.05) is 18.1 Å². The van der Waals surface area contributed by atoms with Crippen molar-refractivity contribution in [2.45, 2.75) is 25.2 Å². The maximum atomic E-state index is 11.5. The number of aryl methyl sites for hydroxylation is 1. The van der Waals surface area contributed by atoms with E-state index >= 15 is 0 Å². The zero-order valence-electron chi connectivity index (χ0n) is 11.9. The highest BCUT2D eigenvalue weighted by Gasteiger charge is 2.15. The zero-order valence-corrected chi connectivity index (χ0v) is 12.7. The number of carbonyl (C=O) groups is 1. The lowest BCUT2D eigenvalue weighted by Crippen LogP contribution is -2.11. The number of aromatic carboxylic acids is 1. The van der Waals surface area contributed by atoms with Gasteiger partial charge in [-0.2, -0.15) is 4.98 Å². The van der Waals surface area contributed by atoms with E-state index in [4.69, 9.17) is 4.52 Å². The third kappa shape index (κ3) is 3.98. The van der Waals surface area contributed by atoms with Gasteiger partial charge in [-0.3, -0.25) is 0 Å². The summed E-state index contributed by atoms with van der Waals surface area (Å²) in [4.78, 5) is 16.3. The molecule has 2 rings (SSSR count). The molecule has 112 valence electrons. The topological polar surface area (TPSA) is 88.3 Å². The number of aromatic nitrogens is 2. The average molecular weight is 307 g/mol. The summed E-state index contributed by atoms with van der Waals surface area (Å²) < 4.78 is 4.89. The Labute approximate surface area is 126 Å². The number of rotatable bonds is 7. The molecule has 0 bridgehead atoms. The van der Waals surface area contributed by atoms with Crippen LogP contribution in [-0.4, -0.2) is 33.5 Å². The van der Waals surface area contributed by atoms with Crippen LogP contribution in [-0.2, 0) is 6.42 Å². The minimum atomic E-state index is -0.926. The number of hydrogen-bond donors (Lipinski definition) is 2. The van der Waals surface area contributed by atoms with Gasteiger partial charge in [0.1, 0.15) is 0 Å². The summed E-state index contributed by atoms with van der Waals surface area (Å²) in [5.74, 6) is 1.03. The molecule has 21 heavy (non-hydrogen) atoms. The number of carboxylic acids is 1. The van der Waals surface area contributed by atoms with E-state index in [9.17, 15) is 9.90 Å². The minimum absolute atomic E-state index is 0.314. The van der Waals surface area contributed by atoms with Crippen molar-refractivity contribution in [3.63, 3.8) is 0 Å². The second-order valence-corrected chi connectivity index (χ2v) is 5.63. The number of nitrogens with zero attached hydrogens (tertiary/aromatic N) is 2. The number of anilines is 1. The average Bonchev–Trinajstić information content (AvgIpc) is 2.85. The van der Waals surface area contributed by atoms with Gasteiger partial charge in [0.25, 0.3) is 0 Å². The van der Waals surface area contributed by atoms with E-state index in [2.05, 4.69) is 15.5 Å². The van der Waals surface area contributed by atoms with Crippen molar-refractivity contribution in [2.24, 2.45) is 0 Å². The predicted molar refractivity (Wildman–Crippen MR) is 81.0 cm³/mol. The first-order valence-electron chi connectivity index (χ1n) is 6.64. The summed E-state index contributed by atoms with van der Waals surface area (Å²) in [5.41, 5.74) is 0.926. The molecule has 7 heteroatoms. The fourth-order valence-corrected chi connectivity index (χ4v) is 2.75. The van der Waals surface area contributed by atoms with Gasteiger partial charge < -0.3 is 14.9 Å². The Kier molecular flexibility index (Phi) is 5.21. The summed E-state index contributed by atoms with van der Waals surface area (Å²) in [6, 6.07) is 5.45. The van der Waals surface area contributed by atoms with Crippen LogP contribution in [0, 0.1) is 6.92 Å². The number of hydrogen-bond acceptors (Lipinski definition) is 6. The van der Waals surface area contributed by atoms with Crippen LogP contribution in [0.5, 0.6) is 0 Å². The molecule has 2 N–H and O–H groups in total. The molecule has 0 saturated heterocycles. The maximum Gasteiger partial charge on any atom is 0.338 e. The first-order valence-corrected chi connectivity index (χ1v) is 7.62. The number of carboxylic acid groups (broad SMARTS) is 1. The summed E-state index contributed by atoms with van der Waals surface area (Å²) >= 11 is 1.52. The van der Waals surface area contributed by atoms with E-state index in [1.54, 1.807) is 13.0 Å². The molecule has 1 aromatic heterocycles. The minimum Gasteiger partial charge on any atom is -0.478 e. The van der Waals surface area contributed by atoms with Crippen molar-refractivity contribution < 1.29 is 14.4 Å². The standard InChI is InChI=1S/C14H17N3O3S/c1-3-21-11-6-4-5-10(13(11)14(18)19)15-8-7-12-16-9(2)20-17-12/h4-6,15H,3,7-8H2,1-2H3,(H,18,19). The number of nitrogens with one attached hydrogen (secondary N) is 1. The van der Waals surface area contributed by atoms with Gasteiger partial charge in [-0.25, -0.2) is 4.79 Å². The van der Waals surface area contributed by atoms with Crippen LogP contribution >= 0.6 is 11.8 Å². The van der Waals surface area contributed by atoms with Crippen LogP contribution in [0.3, 0.4) is 0 Å². The molecule has 1 heterocycles. The highest BCUT2D eigenvalue weighted by atomic mass is 32.2. The van der Waals surface area contributed by atoms with Crippen LogP contribution in [0.15, 0.2) is 27.6 Å². The van der Waals surface area contributed by atoms with E-state index in [0.717, 1.165) is 10.6 Å². The van der Waals surface area contributed by atoms with E-state index in [1.807, 2.05) is 19.1 Å². The van der Waals surface area contributed by atoms with Crippen molar-refractivity contribution in [1.82, 2.24) is 10.1 Å². The van der Waals surface area contributed by atoms with Gasteiger partial charge in [0.05, 0.1) is 5.56 Å². The fourth-order valence-electron chi connectivity index (χ4n) is 1.93. The third-order valence-corrected chi connectivity index (χ3v) is 3.71. The Hall–Kier alpha value is -2.02. The first-order chi connectivity index (χ1) is 10.1. The molecule has 0 saturated carbocycles. The van der Waals surface area contributed by atoms with Crippen molar-refractivity contribution in [3.8, 4) is 0 Å². The van der Waals surface area contributed by atoms with Crippen molar-refractivity contribution in [3.05, 3.63) is 35.5 Å². The lowest BCUT2D eigenvalue weighted by Gasteiger charge is -2.12. The summed E-state index contributed by atoms with van der Waals surface area (Å²) in [7, 11) is 0. The Bertz CT molecular complexity index is 628. The molecular weight excluding hydrogens is 290 g/mol. The lowest BCUT2D eigenvalue weighted by molar-refractivity contribution is 0.0694. The lowest BCUT2D eigenvalue weighted by atomic mass is 10.1. The van der Waals surface area contributed by atoms with E-state index in [0.29, 0.717) is 35.9 Å². The van der Waals surface area contributed by atoms with Gasteiger partial charge in [0.2, 0.25) is 5.89 Å². The Balaban J connectivity index is 2.08. The number of thioether (sulfide) groups is 1. The molecule has 1 aromatic carbocycles. The normalized spacial score (nSPS) is 10.6. The zero-order chi connectivity index (χ0) is 15.2. The molecule has 0 aliphatic carbocycles. The predicted octanol–water partition coefficient (Wildman–Crippen LogP) is 2.84. The molecule has 6 nitrogen and oxygen atoms in total. The maximum absolute atomic E-state index is 11.5. The first kappa shape index (κ1) is 15.4. The monoisotopic (exact) mass is 307 g/mol. The van der Waals surface area contributed by atoms with Gasteiger partial charge in [0.15, 0.2) is 5.82 Å². The summed E-state index contributed by atoms with van der Waals surface area (Å²) in [6.07, 6.45) is 0.571. The molecule has 2 aromatic rings. The van der Waals surface area contributed by atoms with Crippen LogP contribution < -0.4 is 5.32 Å². The number of benzene rings is 1. The van der Waals surface area contributed by atoms with E-state index in [1.165, 1.54) is 11.8 Å². The summed E-state index contributed by atoms with van der Waals surface area (Å²) in [6.45, 7) is 4.27. The summed E-state index contributed by atoms with van der Waals surface area (Å²) in [5, 5.41) is 16.3. The quantitative estimate of drug-likeness (QED) is 0.760. The van der Waals surface area contributed by atoms with Gasteiger partial charge in [-0.15, -0.1) is 11.8 Å². The molecule has 0 unspecified atom stereocenters. The second kappa shape index (κ2) is 7.12. The van der Waals surface area contributed by atoms with Gasteiger partial charge in [-0.05, 0) is 17.9 Å². The van der Waals surface area contributed by atoms with Crippen LogP contribution in [0.1, 0.15) is 29.0 Å². The second-order valence-electron chi connectivity index (χ2n) is 4.32. The molecule has 0 radical (unpaired) electrons. The van der Waals surface area contributed by atoms with Crippen molar-refractivity contribution >= 4 is 23.4 Å². The Morgan fingerprint density at radius 2 is 2.29 bits per heavy atom. The highest BCUT2D eigenvalue weighted by Crippen LogP contribution is 2.28. The molecular formula is C14H17N3O3S. The fraction of sp³-hybridized carbons (Fsp3) is 0.357. The molecule has 0 spiro atoms. The van der Waals surface area contributed by atoms with E-state index in [-0.39, 0.29) is 0 Å². The third-order valence-electron chi connectivity index (χ3n) is 2.77. The largest absolute Gasteiger partial charge is 0.478 e. The van der Waals surface area contributed by atoms with Crippen LogP contribution in [0.2, 0.25) is 0 Å². The molecule has 0 aliphatic heterocycles. The van der Waals surface area contributed by atoms with Gasteiger partial charge in [0, 0.05) is 30.5 Å². The van der Waals surface area contributed by atoms with E-state index < -0.39 is 5.97 Å².